The van der Waals surface area contributed by atoms with Gasteiger partial charge in [-0.05, 0) is 37.1 Å². The van der Waals surface area contributed by atoms with E-state index in [9.17, 15) is 0 Å². The van der Waals surface area contributed by atoms with Gasteiger partial charge in [-0.3, -0.25) is 4.98 Å². The summed E-state index contributed by atoms with van der Waals surface area (Å²) >= 11 is 0. The Hall–Kier alpha value is -2.35. The van der Waals surface area contributed by atoms with Crippen LogP contribution >= 0.6 is 0 Å². The Kier molecular flexibility index (Phi) is 3.12. The molecule has 1 aliphatic heterocycles. The number of nitrogens with zero attached hydrogens (tertiary/aromatic N) is 2. The molecule has 3 aromatic rings. The smallest absolute Gasteiger partial charge is 0.0952 e. The zero-order chi connectivity index (χ0) is 16.0. The quantitative estimate of drug-likeness (QED) is 0.581. The van der Waals surface area contributed by atoms with Crippen molar-refractivity contribution >= 4 is 16.6 Å². The molecule has 5 rings (SSSR count). The molecule has 0 bridgehead atoms. The van der Waals surface area contributed by atoms with Crippen LogP contribution in [0.1, 0.15) is 43.8 Å². The van der Waals surface area contributed by atoms with Crippen molar-refractivity contribution in [3.8, 4) is 0 Å². The minimum Gasteiger partial charge on any atom is -0.352 e. The highest BCUT2D eigenvalue weighted by molar-refractivity contribution is 5.79. The van der Waals surface area contributed by atoms with Gasteiger partial charge in [0, 0.05) is 11.1 Å². The zero-order valence-electron chi connectivity index (χ0n) is 13.9. The summed E-state index contributed by atoms with van der Waals surface area (Å²) in [6, 6.07) is 24.2. The van der Waals surface area contributed by atoms with E-state index in [-0.39, 0.29) is 0 Å². The molecular weight excluding hydrogens is 292 g/mol. The molecule has 1 spiro atoms. The highest BCUT2D eigenvalue weighted by Crippen LogP contribution is 2.61. The molecule has 2 heterocycles. The molecule has 0 unspecified atom stereocenters. The van der Waals surface area contributed by atoms with Crippen LogP contribution in [0.2, 0.25) is 0 Å². The summed E-state index contributed by atoms with van der Waals surface area (Å²) in [4.78, 5) is 7.65. The lowest BCUT2D eigenvalue weighted by molar-refractivity contribution is 0.407. The van der Waals surface area contributed by atoms with Crippen LogP contribution in [0.25, 0.3) is 10.9 Å². The van der Waals surface area contributed by atoms with Gasteiger partial charge in [-0.1, -0.05) is 61.7 Å². The molecule has 0 radical (unpaired) electrons. The van der Waals surface area contributed by atoms with Crippen LogP contribution in [-0.4, -0.2) is 10.5 Å². The molecule has 0 amide bonds. The van der Waals surface area contributed by atoms with Gasteiger partial charge < -0.3 is 4.90 Å². The van der Waals surface area contributed by atoms with Gasteiger partial charge in [0.25, 0.3) is 0 Å². The number of rotatable bonds is 2. The van der Waals surface area contributed by atoms with Crippen LogP contribution < -0.4 is 4.90 Å². The number of hydrogen-bond donors (Lipinski definition) is 0. The van der Waals surface area contributed by atoms with Gasteiger partial charge in [0.2, 0.25) is 0 Å². The van der Waals surface area contributed by atoms with E-state index < -0.39 is 0 Å². The summed E-state index contributed by atoms with van der Waals surface area (Å²) in [6.07, 6.45) is 6.64. The number of pyridine rings is 1. The van der Waals surface area contributed by atoms with Gasteiger partial charge in [-0.15, -0.1) is 0 Å². The third kappa shape index (κ3) is 2.06. The van der Waals surface area contributed by atoms with Crippen LogP contribution in [-0.2, 0) is 0 Å². The molecule has 2 heteroatoms. The minimum absolute atomic E-state index is 0.301. The number of fused-ring (bicyclic) bond motifs is 1. The van der Waals surface area contributed by atoms with Crippen LogP contribution in [0.5, 0.6) is 0 Å². The van der Waals surface area contributed by atoms with E-state index in [1.54, 1.807) is 0 Å². The SMILES string of the molecule is c1ccc(N2[C@H](c3ccc4ccccc4n3)C23CCCCC3)cc1. The number of hydrogen-bond acceptors (Lipinski definition) is 2. The molecule has 2 aromatic carbocycles. The van der Waals surface area contributed by atoms with E-state index in [2.05, 4.69) is 71.6 Å². The van der Waals surface area contributed by atoms with Crippen LogP contribution in [0, 0.1) is 0 Å². The van der Waals surface area contributed by atoms with E-state index >= 15 is 0 Å². The predicted molar refractivity (Wildman–Crippen MR) is 99.2 cm³/mol. The van der Waals surface area contributed by atoms with E-state index in [1.807, 2.05) is 0 Å². The first-order valence-electron chi connectivity index (χ1n) is 9.09. The second kappa shape index (κ2) is 5.34. The molecule has 2 aliphatic rings. The summed E-state index contributed by atoms with van der Waals surface area (Å²) in [5.74, 6) is 0. The summed E-state index contributed by atoms with van der Waals surface area (Å²) in [6.45, 7) is 0. The van der Waals surface area contributed by atoms with Gasteiger partial charge in [0.15, 0.2) is 0 Å². The zero-order valence-corrected chi connectivity index (χ0v) is 13.9. The number of benzene rings is 2. The lowest BCUT2D eigenvalue weighted by atomic mass is 9.85. The molecule has 24 heavy (non-hydrogen) atoms. The number of para-hydroxylation sites is 2. The monoisotopic (exact) mass is 314 g/mol. The molecule has 1 aliphatic carbocycles. The van der Waals surface area contributed by atoms with E-state index in [4.69, 9.17) is 4.98 Å². The Morgan fingerprint density at radius 3 is 2.38 bits per heavy atom. The Morgan fingerprint density at radius 2 is 1.54 bits per heavy atom. The lowest BCUT2D eigenvalue weighted by Crippen LogP contribution is -2.22. The standard InChI is InChI=1S/C22H22N2/c1-3-10-18(11-4-1)24-21(22(24)15-7-2-8-16-22)20-14-13-17-9-5-6-12-19(17)23-20/h1,3-6,9-14,21H,2,7-8,15-16H2/t21-,24?/m1/s1. The van der Waals surface area contributed by atoms with Crippen LogP contribution in [0.4, 0.5) is 5.69 Å². The average molecular weight is 314 g/mol. The normalized spacial score (nSPS) is 22.0. The first-order chi connectivity index (χ1) is 11.9. The van der Waals surface area contributed by atoms with Crippen LogP contribution in [0.3, 0.4) is 0 Å². The Balaban J connectivity index is 1.59. The molecule has 2 nitrogen and oxygen atoms in total. The van der Waals surface area contributed by atoms with E-state index in [0.29, 0.717) is 11.6 Å². The highest BCUT2D eigenvalue weighted by Gasteiger charge is 2.63. The highest BCUT2D eigenvalue weighted by atomic mass is 15.4. The Labute approximate surface area is 143 Å². The Bertz CT molecular complexity index is 865. The molecule has 1 aromatic heterocycles. The molecule has 1 atom stereocenters. The van der Waals surface area contributed by atoms with Gasteiger partial charge in [-0.2, -0.15) is 0 Å². The van der Waals surface area contributed by atoms with Gasteiger partial charge in [-0.25, -0.2) is 0 Å². The van der Waals surface area contributed by atoms with Gasteiger partial charge >= 0.3 is 0 Å². The number of aromatic nitrogens is 1. The first-order valence-corrected chi connectivity index (χ1v) is 9.09. The van der Waals surface area contributed by atoms with Crippen molar-refractivity contribution in [1.29, 1.82) is 0 Å². The van der Waals surface area contributed by atoms with E-state index in [0.717, 1.165) is 5.52 Å². The third-order valence-electron chi connectivity index (χ3n) is 5.83. The van der Waals surface area contributed by atoms with Crippen molar-refractivity contribution in [2.75, 3.05) is 4.90 Å². The van der Waals surface area contributed by atoms with Crippen molar-refractivity contribution in [3.05, 3.63) is 72.4 Å². The van der Waals surface area contributed by atoms with Crippen molar-refractivity contribution in [3.63, 3.8) is 0 Å². The summed E-state index contributed by atoms with van der Waals surface area (Å²) in [5, 5.41) is 1.23. The largest absolute Gasteiger partial charge is 0.352 e. The fraction of sp³-hybridized carbons (Fsp3) is 0.318. The minimum atomic E-state index is 0.301. The van der Waals surface area contributed by atoms with Crippen LogP contribution in [0.15, 0.2) is 66.7 Å². The van der Waals surface area contributed by atoms with E-state index in [1.165, 1.54) is 48.9 Å². The predicted octanol–water partition coefficient (Wildman–Crippen LogP) is 5.50. The second-order valence-corrected chi connectivity index (χ2v) is 7.20. The topological polar surface area (TPSA) is 15.9 Å². The molecule has 2 fully saturated rings. The summed E-state index contributed by atoms with van der Waals surface area (Å²) < 4.78 is 0. The fourth-order valence-electron chi connectivity index (χ4n) is 4.69. The lowest BCUT2D eigenvalue weighted by Gasteiger charge is -2.22. The number of anilines is 1. The van der Waals surface area contributed by atoms with Gasteiger partial charge in [0.1, 0.15) is 0 Å². The first kappa shape index (κ1) is 14.0. The maximum Gasteiger partial charge on any atom is 0.0952 e. The average Bonchev–Trinajstić information content (AvgIpc) is 3.29. The van der Waals surface area contributed by atoms with Crippen molar-refractivity contribution in [1.82, 2.24) is 4.98 Å². The molecule has 1 saturated heterocycles. The Morgan fingerprint density at radius 1 is 0.792 bits per heavy atom. The van der Waals surface area contributed by atoms with Crippen molar-refractivity contribution in [2.24, 2.45) is 0 Å². The summed E-state index contributed by atoms with van der Waals surface area (Å²) in [7, 11) is 0. The van der Waals surface area contributed by atoms with Crippen molar-refractivity contribution in [2.45, 2.75) is 43.7 Å². The molecule has 0 N–H and O–H groups in total. The van der Waals surface area contributed by atoms with Gasteiger partial charge in [0.05, 0.1) is 22.8 Å². The molecular formula is C22H22N2. The summed E-state index contributed by atoms with van der Waals surface area (Å²) in [5.41, 5.74) is 3.99. The third-order valence-corrected chi connectivity index (χ3v) is 5.83. The molecule has 120 valence electrons. The van der Waals surface area contributed by atoms with Crippen molar-refractivity contribution < 1.29 is 0 Å². The molecule has 1 saturated carbocycles. The maximum absolute atomic E-state index is 5.02. The fourth-order valence-corrected chi connectivity index (χ4v) is 4.69. The maximum atomic E-state index is 5.02. The second-order valence-electron chi connectivity index (χ2n) is 7.20.